The molecule has 0 aliphatic carbocycles. The van der Waals surface area contributed by atoms with Crippen LogP contribution in [0.5, 0.6) is 0 Å². The standard InChI is InChI=1S/C14H19F3N2O/c1-9(2)3-6-13(20)19-12-5-4-10(8-18)7-11(12)14(15,16)17/h4-5,7,9H,3,6,8,18H2,1-2H3,(H,19,20). The third kappa shape index (κ3) is 4.85. The second kappa shape index (κ2) is 6.74. The Morgan fingerprint density at radius 3 is 2.50 bits per heavy atom. The maximum Gasteiger partial charge on any atom is 0.418 e. The van der Waals surface area contributed by atoms with E-state index >= 15 is 0 Å². The number of carbonyl (C=O) groups excluding carboxylic acids is 1. The van der Waals surface area contributed by atoms with Gasteiger partial charge in [-0.1, -0.05) is 19.9 Å². The monoisotopic (exact) mass is 288 g/mol. The van der Waals surface area contributed by atoms with E-state index in [1.54, 1.807) is 0 Å². The minimum Gasteiger partial charge on any atom is -0.326 e. The molecular formula is C14H19F3N2O. The second-order valence-corrected chi connectivity index (χ2v) is 5.06. The average Bonchev–Trinajstić information content (AvgIpc) is 2.35. The van der Waals surface area contributed by atoms with Gasteiger partial charge in [-0.2, -0.15) is 13.2 Å². The van der Waals surface area contributed by atoms with Crippen LogP contribution in [0, 0.1) is 5.92 Å². The lowest BCUT2D eigenvalue weighted by Gasteiger charge is -2.15. The molecule has 1 aromatic carbocycles. The highest BCUT2D eigenvalue weighted by molar-refractivity contribution is 5.91. The van der Waals surface area contributed by atoms with E-state index in [9.17, 15) is 18.0 Å². The fourth-order valence-corrected chi connectivity index (χ4v) is 1.69. The minimum atomic E-state index is -4.52. The third-order valence-corrected chi connectivity index (χ3v) is 2.85. The SMILES string of the molecule is CC(C)CCC(=O)Nc1ccc(CN)cc1C(F)(F)F. The molecule has 0 fully saturated rings. The number of amides is 1. The molecule has 0 aromatic heterocycles. The summed E-state index contributed by atoms with van der Waals surface area (Å²) in [5, 5.41) is 2.32. The van der Waals surface area contributed by atoms with Crippen LogP contribution in [0.3, 0.4) is 0 Å². The van der Waals surface area contributed by atoms with E-state index in [1.165, 1.54) is 12.1 Å². The molecule has 3 N–H and O–H groups in total. The number of halogens is 3. The van der Waals surface area contributed by atoms with Crippen LogP contribution in [0.1, 0.15) is 37.8 Å². The van der Waals surface area contributed by atoms with Crippen molar-refractivity contribution in [3.8, 4) is 0 Å². The van der Waals surface area contributed by atoms with E-state index in [1.807, 2.05) is 13.8 Å². The van der Waals surface area contributed by atoms with E-state index in [0.29, 0.717) is 17.9 Å². The van der Waals surface area contributed by atoms with E-state index in [2.05, 4.69) is 5.32 Å². The molecule has 0 atom stereocenters. The highest BCUT2D eigenvalue weighted by Gasteiger charge is 2.34. The van der Waals surface area contributed by atoms with Crippen LogP contribution < -0.4 is 11.1 Å². The number of anilines is 1. The first kappa shape index (κ1) is 16.5. The molecule has 112 valence electrons. The zero-order valence-electron chi connectivity index (χ0n) is 11.6. The van der Waals surface area contributed by atoms with Crippen molar-refractivity contribution in [3.05, 3.63) is 29.3 Å². The third-order valence-electron chi connectivity index (χ3n) is 2.85. The smallest absolute Gasteiger partial charge is 0.326 e. The van der Waals surface area contributed by atoms with Gasteiger partial charge in [0.2, 0.25) is 5.91 Å². The topological polar surface area (TPSA) is 55.1 Å². The van der Waals surface area contributed by atoms with Gasteiger partial charge < -0.3 is 11.1 Å². The van der Waals surface area contributed by atoms with E-state index in [4.69, 9.17) is 5.73 Å². The first-order valence-corrected chi connectivity index (χ1v) is 6.44. The van der Waals surface area contributed by atoms with Crippen molar-refractivity contribution in [2.75, 3.05) is 5.32 Å². The fraction of sp³-hybridized carbons (Fsp3) is 0.500. The highest BCUT2D eigenvalue weighted by atomic mass is 19.4. The van der Waals surface area contributed by atoms with Gasteiger partial charge in [0.25, 0.3) is 0 Å². The zero-order valence-corrected chi connectivity index (χ0v) is 11.6. The Morgan fingerprint density at radius 1 is 1.35 bits per heavy atom. The van der Waals surface area contributed by atoms with Crippen molar-refractivity contribution in [1.29, 1.82) is 0 Å². The quantitative estimate of drug-likeness (QED) is 0.870. The molecule has 0 saturated carbocycles. The largest absolute Gasteiger partial charge is 0.418 e. The molecule has 0 radical (unpaired) electrons. The van der Waals surface area contributed by atoms with Gasteiger partial charge in [0, 0.05) is 13.0 Å². The number of hydrogen-bond donors (Lipinski definition) is 2. The predicted molar refractivity (Wildman–Crippen MR) is 72.0 cm³/mol. The van der Waals surface area contributed by atoms with Gasteiger partial charge in [0.05, 0.1) is 11.3 Å². The highest BCUT2D eigenvalue weighted by Crippen LogP contribution is 2.35. The number of benzene rings is 1. The Bertz CT molecular complexity index is 470. The molecule has 3 nitrogen and oxygen atoms in total. The summed E-state index contributed by atoms with van der Waals surface area (Å²) in [6.07, 6.45) is -3.69. The van der Waals surface area contributed by atoms with Gasteiger partial charge in [-0.05, 0) is 30.0 Å². The molecule has 1 amide bonds. The molecule has 0 aliphatic rings. The van der Waals surface area contributed by atoms with Crippen LogP contribution in [0.15, 0.2) is 18.2 Å². The van der Waals surface area contributed by atoms with Crippen molar-refractivity contribution in [3.63, 3.8) is 0 Å². The first-order chi connectivity index (χ1) is 9.24. The molecule has 0 unspecified atom stereocenters. The molecule has 0 saturated heterocycles. The van der Waals surface area contributed by atoms with Crippen LogP contribution in [-0.4, -0.2) is 5.91 Å². The molecule has 1 rings (SSSR count). The Kier molecular flexibility index (Phi) is 5.56. The van der Waals surface area contributed by atoms with Gasteiger partial charge in [0.1, 0.15) is 0 Å². The summed E-state index contributed by atoms with van der Waals surface area (Å²) in [6.45, 7) is 3.92. The van der Waals surface area contributed by atoms with Crippen molar-refractivity contribution >= 4 is 11.6 Å². The average molecular weight is 288 g/mol. The van der Waals surface area contributed by atoms with Crippen LogP contribution in [0.25, 0.3) is 0 Å². The van der Waals surface area contributed by atoms with Crippen molar-refractivity contribution < 1.29 is 18.0 Å². The Hall–Kier alpha value is -1.56. The summed E-state index contributed by atoms with van der Waals surface area (Å²) in [5.41, 5.74) is 4.63. The lowest BCUT2D eigenvalue weighted by molar-refractivity contribution is -0.137. The van der Waals surface area contributed by atoms with E-state index in [-0.39, 0.29) is 18.7 Å². The lowest BCUT2D eigenvalue weighted by atomic mass is 10.1. The van der Waals surface area contributed by atoms with Crippen LogP contribution in [0.2, 0.25) is 0 Å². The number of carbonyl (C=O) groups is 1. The number of nitrogens with one attached hydrogen (secondary N) is 1. The van der Waals surface area contributed by atoms with Gasteiger partial charge in [0.15, 0.2) is 0 Å². The number of alkyl halides is 3. The van der Waals surface area contributed by atoms with Crippen LogP contribution >= 0.6 is 0 Å². The predicted octanol–water partition coefficient (Wildman–Crippen LogP) is 3.54. The maximum absolute atomic E-state index is 12.9. The molecule has 1 aromatic rings. The summed E-state index contributed by atoms with van der Waals surface area (Å²) < 4.78 is 38.8. The van der Waals surface area contributed by atoms with Crippen molar-refractivity contribution in [2.45, 2.75) is 39.4 Å². The molecule has 20 heavy (non-hydrogen) atoms. The summed E-state index contributed by atoms with van der Waals surface area (Å²) in [5.74, 6) is -0.0906. The van der Waals surface area contributed by atoms with Crippen LogP contribution in [-0.2, 0) is 17.5 Å². The number of rotatable bonds is 5. The summed E-state index contributed by atoms with van der Waals surface area (Å²) in [6, 6.07) is 3.70. The Morgan fingerprint density at radius 2 is 2.00 bits per heavy atom. The van der Waals surface area contributed by atoms with E-state index in [0.717, 1.165) is 6.07 Å². The fourth-order valence-electron chi connectivity index (χ4n) is 1.69. The summed E-state index contributed by atoms with van der Waals surface area (Å²) >= 11 is 0. The van der Waals surface area contributed by atoms with Gasteiger partial charge in [-0.15, -0.1) is 0 Å². The van der Waals surface area contributed by atoms with Gasteiger partial charge in [-0.25, -0.2) is 0 Å². The second-order valence-electron chi connectivity index (χ2n) is 5.06. The lowest BCUT2D eigenvalue weighted by Crippen LogP contribution is -2.17. The number of hydrogen-bond acceptors (Lipinski definition) is 2. The molecular weight excluding hydrogens is 269 g/mol. The summed E-state index contributed by atoms with van der Waals surface area (Å²) in [4.78, 5) is 11.6. The van der Waals surface area contributed by atoms with Crippen LogP contribution in [0.4, 0.5) is 18.9 Å². The minimum absolute atomic E-state index is 0.0185. The Labute approximate surface area is 116 Å². The maximum atomic E-state index is 12.9. The van der Waals surface area contributed by atoms with Gasteiger partial charge in [-0.3, -0.25) is 4.79 Å². The van der Waals surface area contributed by atoms with Crippen molar-refractivity contribution in [1.82, 2.24) is 0 Å². The molecule has 0 heterocycles. The molecule has 0 bridgehead atoms. The number of nitrogens with two attached hydrogens (primary N) is 1. The van der Waals surface area contributed by atoms with E-state index < -0.39 is 17.6 Å². The zero-order chi connectivity index (χ0) is 15.3. The molecule has 0 spiro atoms. The van der Waals surface area contributed by atoms with Gasteiger partial charge >= 0.3 is 6.18 Å². The first-order valence-electron chi connectivity index (χ1n) is 6.44. The molecule has 0 aliphatic heterocycles. The Balaban J connectivity index is 2.91. The van der Waals surface area contributed by atoms with Crippen molar-refractivity contribution in [2.24, 2.45) is 11.7 Å². The summed E-state index contributed by atoms with van der Waals surface area (Å²) in [7, 11) is 0. The normalized spacial score (nSPS) is 11.8. The molecule has 6 heteroatoms.